The van der Waals surface area contributed by atoms with Crippen LogP contribution in [0.5, 0.6) is 11.5 Å². The van der Waals surface area contributed by atoms with Gasteiger partial charge in [-0.2, -0.15) is 0 Å². The summed E-state index contributed by atoms with van der Waals surface area (Å²) in [5, 5.41) is 16.0. The van der Waals surface area contributed by atoms with Gasteiger partial charge in [-0.15, -0.1) is 5.10 Å². The van der Waals surface area contributed by atoms with Crippen LogP contribution in [0.15, 0.2) is 30.5 Å². The van der Waals surface area contributed by atoms with E-state index in [1.54, 1.807) is 0 Å². The summed E-state index contributed by atoms with van der Waals surface area (Å²) in [6.07, 6.45) is 1.14. The number of benzene rings is 1. The van der Waals surface area contributed by atoms with Crippen LogP contribution in [0.3, 0.4) is 0 Å². The topological polar surface area (TPSA) is 86.5 Å². The number of carboxylic acids is 1. The largest absolute Gasteiger partial charge is 0.486 e. The molecule has 1 aliphatic heterocycles. The first-order valence-corrected chi connectivity index (χ1v) is 5.74. The van der Waals surface area contributed by atoms with Crippen LogP contribution in [0.1, 0.15) is 10.5 Å². The van der Waals surface area contributed by atoms with Crippen LogP contribution in [0.25, 0.3) is 0 Å². The summed E-state index contributed by atoms with van der Waals surface area (Å²) in [5.41, 5.74) is -0.0860. The zero-order valence-electron chi connectivity index (χ0n) is 9.89. The van der Waals surface area contributed by atoms with E-state index in [0.717, 1.165) is 0 Å². The number of hydrogen-bond acceptors (Lipinski definition) is 5. The molecule has 1 aromatic carbocycles. The summed E-state index contributed by atoms with van der Waals surface area (Å²) in [5.74, 6) is 0.290. The highest BCUT2D eigenvalue weighted by molar-refractivity contribution is 5.84. The highest BCUT2D eigenvalue weighted by Gasteiger charge is 2.21. The summed E-state index contributed by atoms with van der Waals surface area (Å²) in [4.78, 5) is 10.7. The van der Waals surface area contributed by atoms with E-state index in [4.69, 9.17) is 14.6 Å². The van der Waals surface area contributed by atoms with Gasteiger partial charge in [0.1, 0.15) is 6.61 Å². The molecule has 98 valence electrons. The lowest BCUT2D eigenvalue weighted by Crippen LogP contribution is -2.33. The summed E-state index contributed by atoms with van der Waals surface area (Å²) >= 11 is 0. The maximum Gasteiger partial charge on any atom is 0.358 e. The Labute approximate surface area is 108 Å². The van der Waals surface area contributed by atoms with Gasteiger partial charge in [0, 0.05) is 0 Å². The Bertz CT molecular complexity index is 611. The minimum absolute atomic E-state index is 0.0860. The lowest BCUT2D eigenvalue weighted by atomic mass is 10.2. The molecule has 1 aliphatic rings. The average molecular weight is 261 g/mol. The Morgan fingerprint density at radius 1 is 1.42 bits per heavy atom. The molecule has 1 aromatic heterocycles. The molecule has 7 nitrogen and oxygen atoms in total. The number of para-hydroxylation sites is 2. The molecule has 0 aliphatic carbocycles. The molecule has 0 spiro atoms. The first kappa shape index (κ1) is 11.5. The maximum absolute atomic E-state index is 10.7. The zero-order valence-corrected chi connectivity index (χ0v) is 9.89. The molecule has 0 amide bonds. The van der Waals surface area contributed by atoms with E-state index in [1.807, 2.05) is 24.3 Å². The van der Waals surface area contributed by atoms with Crippen LogP contribution in [0.2, 0.25) is 0 Å². The molecular formula is C12H11N3O4. The van der Waals surface area contributed by atoms with Crippen LogP contribution >= 0.6 is 0 Å². The molecule has 0 fully saturated rings. The summed E-state index contributed by atoms with van der Waals surface area (Å²) in [7, 11) is 0. The molecular weight excluding hydrogens is 250 g/mol. The van der Waals surface area contributed by atoms with Gasteiger partial charge in [0.2, 0.25) is 0 Å². The molecule has 1 N–H and O–H groups in total. The first-order chi connectivity index (χ1) is 9.22. The molecule has 0 saturated carbocycles. The van der Waals surface area contributed by atoms with Crippen LogP contribution in [0, 0.1) is 0 Å². The summed E-state index contributed by atoms with van der Waals surface area (Å²) < 4.78 is 12.7. The van der Waals surface area contributed by atoms with Crippen molar-refractivity contribution in [1.29, 1.82) is 0 Å². The van der Waals surface area contributed by atoms with E-state index in [2.05, 4.69) is 10.3 Å². The number of carboxylic acid groups (broad SMARTS) is 1. The van der Waals surface area contributed by atoms with Crippen LogP contribution in [-0.4, -0.2) is 38.8 Å². The Morgan fingerprint density at radius 2 is 2.21 bits per heavy atom. The fourth-order valence-corrected chi connectivity index (χ4v) is 1.85. The van der Waals surface area contributed by atoms with Crippen LogP contribution in [0.4, 0.5) is 0 Å². The minimum atomic E-state index is -1.10. The van der Waals surface area contributed by atoms with E-state index in [1.165, 1.54) is 10.9 Å². The number of aromatic carboxylic acids is 1. The first-order valence-electron chi connectivity index (χ1n) is 5.74. The predicted molar refractivity (Wildman–Crippen MR) is 63.3 cm³/mol. The van der Waals surface area contributed by atoms with Gasteiger partial charge in [0.05, 0.1) is 12.7 Å². The molecule has 2 aromatic rings. The van der Waals surface area contributed by atoms with Gasteiger partial charge in [-0.25, -0.2) is 9.48 Å². The van der Waals surface area contributed by atoms with Crippen molar-refractivity contribution in [2.45, 2.75) is 12.6 Å². The van der Waals surface area contributed by atoms with Gasteiger partial charge in [0.25, 0.3) is 0 Å². The Kier molecular flexibility index (Phi) is 2.79. The monoisotopic (exact) mass is 261 g/mol. The van der Waals surface area contributed by atoms with Gasteiger partial charge >= 0.3 is 5.97 Å². The van der Waals surface area contributed by atoms with Crippen molar-refractivity contribution in [3.63, 3.8) is 0 Å². The van der Waals surface area contributed by atoms with Gasteiger partial charge in [-0.05, 0) is 12.1 Å². The lowest BCUT2D eigenvalue weighted by molar-refractivity contribution is 0.0689. The Balaban J connectivity index is 1.70. The molecule has 7 heteroatoms. The van der Waals surface area contributed by atoms with E-state index < -0.39 is 5.97 Å². The van der Waals surface area contributed by atoms with E-state index in [0.29, 0.717) is 24.7 Å². The summed E-state index contributed by atoms with van der Waals surface area (Å²) in [6.45, 7) is 0.772. The number of ether oxygens (including phenoxy) is 2. The van der Waals surface area contributed by atoms with Crippen molar-refractivity contribution in [2.24, 2.45) is 0 Å². The summed E-state index contributed by atoms with van der Waals surface area (Å²) in [6, 6.07) is 7.40. The van der Waals surface area contributed by atoms with Gasteiger partial charge in [-0.1, -0.05) is 17.3 Å². The number of hydrogen-bond donors (Lipinski definition) is 1. The number of carbonyl (C=O) groups is 1. The number of nitrogens with zero attached hydrogens (tertiary/aromatic N) is 3. The third-order valence-corrected chi connectivity index (χ3v) is 2.72. The predicted octanol–water partition coefficient (Wildman–Crippen LogP) is 0.816. The third kappa shape index (κ3) is 2.35. The Hall–Kier alpha value is -2.57. The van der Waals surface area contributed by atoms with Crippen LogP contribution in [-0.2, 0) is 6.54 Å². The molecule has 0 radical (unpaired) electrons. The van der Waals surface area contributed by atoms with E-state index in [9.17, 15) is 4.79 Å². The Morgan fingerprint density at radius 3 is 2.95 bits per heavy atom. The molecule has 19 heavy (non-hydrogen) atoms. The van der Waals surface area contributed by atoms with Crippen molar-refractivity contribution >= 4 is 5.97 Å². The van der Waals surface area contributed by atoms with Crippen molar-refractivity contribution in [3.8, 4) is 11.5 Å². The maximum atomic E-state index is 10.7. The average Bonchev–Trinajstić information content (AvgIpc) is 2.87. The number of aromatic nitrogens is 3. The smallest absolute Gasteiger partial charge is 0.358 e. The van der Waals surface area contributed by atoms with Gasteiger partial charge < -0.3 is 14.6 Å². The van der Waals surface area contributed by atoms with Crippen molar-refractivity contribution in [2.75, 3.05) is 6.61 Å². The van der Waals surface area contributed by atoms with Crippen LogP contribution < -0.4 is 9.47 Å². The molecule has 2 heterocycles. The molecule has 1 atom stereocenters. The zero-order chi connectivity index (χ0) is 13.2. The van der Waals surface area contributed by atoms with Crippen molar-refractivity contribution in [1.82, 2.24) is 15.0 Å². The molecule has 0 bridgehead atoms. The molecule has 0 unspecified atom stereocenters. The van der Waals surface area contributed by atoms with E-state index in [-0.39, 0.29) is 11.8 Å². The van der Waals surface area contributed by atoms with Gasteiger partial charge in [-0.3, -0.25) is 0 Å². The number of rotatable bonds is 3. The quantitative estimate of drug-likeness (QED) is 0.880. The molecule has 3 rings (SSSR count). The highest BCUT2D eigenvalue weighted by Crippen LogP contribution is 2.31. The second-order valence-corrected chi connectivity index (χ2v) is 4.13. The second kappa shape index (κ2) is 4.60. The standard InChI is InChI=1S/C12H11N3O4/c16-12(17)9-6-15(14-13-9)5-8-7-18-10-3-1-2-4-11(10)19-8/h1-4,6,8H,5,7H2,(H,16,17)/t8-/m0/s1. The normalized spacial score (nSPS) is 17.2. The van der Waals surface area contributed by atoms with Crippen molar-refractivity contribution in [3.05, 3.63) is 36.2 Å². The fraction of sp³-hybridized carbons (Fsp3) is 0.250. The third-order valence-electron chi connectivity index (χ3n) is 2.72. The molecule has 0 saturated heterocycles. The van der Waals surface area contributed by atoms with Gasteiger partial charge in [0.15, 0.2) is 23.3 Å². The second-order valence-electron chi connectivity index (χ2n) is 4.13. The van der Waals surface area contributed by atoms with E-state index >= 15 is 0 Å². The highest BCUT2D eigenvalue weighted by atomic mass is 16.6. The minimum Gasteiger partial charge on any atom is -0.486 e. The SMILES string of the molecule is O=C(O)c1cn(C[C@H]2COc3ccccc3O2)nn1. The van der Waals surface area contributed by atoms with Crippen molar-refractivity contribution < 1.29 is 19.4 Å². The lowest BCUT2D eigenvalue weighted by Gasteiger charge is -2.26. The number of fused-ring (bicyclic) bond motifs is 1. The fourth-order valence-electron chi connectivity index (χ4n) is 1.85.